The molecule has 6 N–H and O–H groups in total. The highest BCUT2D eigenvalue weighted by atomic mass is 32.2. The lowest BCUT2D eigenvalue weighted by Gasteiger charge is -2.19. The molecule has 0 radical (unpaired) electrons. The van der Waals surface area contributed by atoms with Crippen molar-refractivity contribution in [1.29, 1.82) is 0 Å². The summed E-state index contributed by atoms with van der Waals surface area (Å²) in [4.78, 5) is 70.9. The summed E-state index contributed by atoms with van der Waals surface area (Å²) < 4.78 is 100. The average Bonchev–Trinajstić information content (AvgIpc) is 1.21. The van der Waals surface area contributed by atoms with Crippen LogP contribution in [0.15, 0.2) is 232 Å². The van der Waals surface area contributed by atoms with Gasteiger partial charge in [-0.1, -0.05) is 54.6 Å². The molecule has 28 nitrogen and oxygen atoms in total. The van der Waals surface area contributed by atoms with Crippen molar-refractivity contribution in [3.63, 3.8) is 0 Å². The quantitative estimate of drug-likeness (QED) is 0.0128. The molecule has 30 heteroatoms. The van der Waals surface area contributed by atoms with Crippen molar-refractivity contribution in [2.75, 3.05) is 81.6 Å². The third-order valence-corrected chi connectivity index (χ3v) is 22.8. The van der Waals surface area contributed by atoms with Gasteiger partial charge in [-0.25, -0.2) is 46.2 Å². The van der Waals surface area contributed by atoms with E-state index in [-0.39, 0.29) is 29.3 Å². The molecule has 3 aliphatic carbocycles. The second kappa shape index (κ2) is 39.7. The Balaban J connectivity index is 0.000000154. The summed E-state index contributed by atoms with van der Waals surface area (Å²) in [6, 6.07) is 54.2. The first-order valence-electron chi connectivity index (χ1n) is 41.0. The minimum Gasteiger partial charge on any atom is -0.744 e. The normalized spacial score (nSPS) is 13.2. The molecule has 0 spiro atoms. The Morgan fingerprint density at radius 3 is 1.04 bits per heavy atom. The van der Waals surface area contributed by atoms with Crippen LogP contribution in [0.3, 0.4) is 0 Å². The lowest BCUT2D eigenvalue weighted by molar-refractivity contribution is -0.496. The molecule has 7 aliphatic rings. The number of aliphatic carboxylic acids is 1. The highest BCUT2D eigenvalue weighted by Crippen LogP contribution is 2.47. The molecule has 654 valence electrons. The van der Waals surface area contributed by atoms with Gasteiger partial charge in [-0.3, -0.25) is 4.79 Å². The van der Waals surface area contributed by atoms with Crippen LogP contribution in [0.5, 0.6) is 0 Å². The molecule has 15 rings (SSSR count). The fraction of sp³-hybridized carbons (Fsp3) is 0.227. The number of aryl methyl sites for hydroxylation is 6. The van der Waals surface area contributed by atoms with Crippen LogP contribution in [-0.2, 0) is 44.0 Å². The minimum atomic E-state index is -4.73. The van der Waals surface area contributed by atoms with E-state index in [0.717, 1.165) is 255 Å². The Hall–Kier alpha value is -14.3. The third kappa shape index (κ3) is 19.9. The number of nitrogens with one attached hydrogen (secondary N) is 6. The van der Waals surface area contributed by atoms with E-state index in [0.29, 0.717) is 21.7 Å². The number of fused-ring (bicyclic) bond motifs is 6. The number of methoxy groups -OCH3 is 3. The lowest BCUT2D eigenvalue weighted by Crippen LogP contribution is -2.76. The Morgan fingerprint density at radius 1 is 0.433 bits per heavy atom. The predicted octanol–water partition coefficient (Wildman–Crippen LogP) is 11.2. The molecular formula is C97H96N10O18S2. The standard InChI is InChI=1S/3C27H28N2O3.C16H12N4O9S2/c3*1-6-28-22-14-24-20(12-16(22)3)26(18-10-8-9-11-19(18)27(30)31-5)21-13-17(4)23(29-7-2)15-25(21)32-24;21-15-13(18-17-9-1-5-11(6-2-9)30(24,25)26)14(16(22)23)19-20(15)10-3-7-12(8-4-10)31(27,28)29/h3*8-15,28H,6-7H2,1-5H3;1-8,13H,(H,22,23)(H,24,25,26)(H,27,28,29)/t;;;13-/m...0/s1. The number of carboxylic acid groups (broad SMARTS) is 1. The number of anilines is 4. The maximum Gasteiger partial charge on any atom is 0.338 e. The number of carbonyl (C=O) groups is 5. The molecule has 8 aromatic carbocycles. The molecule has 0 unspecified atom stereocenters. The van der Waals surface area contributed by atoms with Crippen molar-refractivity contribution in [3.8, 4) is 67.4 Å². The van der Waals surface area contributed by atoms with Gasteiger partial charge in [0.05, 0.1) is 83.4 Å². The Bertz CT molecular complexity index is 6560. The van der Waals surface area contributed by atoms with Gasteiger partial charge in [0.2, 0.25) is 16.1 Å². The molecule has 0 saturated carbocycles. The predicted molar refractivity (Wildman–Crippen MR) is 481 cm³/mol. The number of azo groups is 1. The summed E-state index contributed by atoms with van der Waals surface area (Å²) in [5.74, 6) is -1.55. The maximum absolute atomic E-state index is 12.6. The highest BCUT2D eigenvalue weighted by Gasteiger charge is 2.38. The zero-order valence-electron chi connectivity index (χ0n) is 72.7. The summed E-state index contributed by atoms with van der Waals surface area (Å²) in [6.45, 7) is 29.9. The van der Waals surface area contributed by atoms with Crippen LogP contribution in [0.1, 0.15) is 106 Å². The second-order valence-electron chi connectivity index (χ2n) is 29.6. The van der Waals surface area contributed by atoms with Crippen LogP contribution < -0.4 is 57.1 Å². The van der Waals surface area contributed by atoms with Gasteiger partial charge in [-0.15, -0.1) is 0 Å². The summed E-state index contributed by atoms with van der Waals surface area (Å²) in [5.41, 5.74) is 21.2. The zero-order valence-corrected chi connectivity index (χ0v) is 74.4. The molecule has 127 heavy (non-hydrogen) atoms. The van der Waals surface area contributed by atoms with E-state index in [1.165, 1.54) is 21.3 Å². The van der Waals surface area contributed by atoms with E-state index >= 15 is 0 Å². The third-order valence-electron chi connectivity index (χ3n) is 21.1. The van der Waals surface area contributed by atoms with Crippen LogP contribution in [-0.4, -0.2) is 128 Å². The first kappa shape index (κ1) is 91.9. The van der Waals surface area contributed by atoms with Crippen LogP contribution in [0.25, 0.3) is 100 Å². The minimum absolute atomic E-state index is 0.0151. The summed E-state index contributed by atoms with van der Waals surface area (Å²) in [6.07, 6.45) is 0. The monoisotopic (exact) mass is 1750 g/mol. The Morgan fingerprint density at radius 2 is 0.748 bits per heavy atom. The molecule has 4 heterocycles. The number of hydrogen-bond acceptors (Lipinski definition) is 24. The van der Waals surface area contributed by atoms with Gasteiger partial charge in [0.25, 0.3) is 5.91 Å². The van der Waals surface area contributed by atoms with Gasteiger partial charge in [0, 0.05) is 121 Å². The molecular weight excluding hydrogens is 1660 g/mol. The first-order valence-corrected chi connectivity index (χ1v) is 43.8. The van der Waals surface area contributed by atoms with Crippen molar-refractivity contribution in [2.24, 2.45) is 15.3 Å². The van der Waals surface area contributed by atoms with Gasteiger partial charge >= 0.3 is 17.9 Å². The second-order valence-corrected chi connectivity index (χ2v) is 32.4. The number of hydrogen-bond donors (Lipinski definition) is 6. The van der Waals surface area contributed by atoms with Crippen LogP contribution in [0.2, 0.25) is 0 Å². The van der Waals surface area contributed by atoms with Crippen molar-refractivity contribution in [3.05, 3.63) is 260 Å². The molecule has 0 bridgehead atoms. The number of carboxylic acids is 1. The van der Waals surface area contributed by atoms with E-state index in [2.05, 4.69) is 166 Å². The maximum atomic E-state index is 12.6. The van der Waals surface area contributed by atoms with Crippen molar-refractivity contribution < 1.29 is 97.5 Å². The van der Waals surface area contributed by atoms with E-state index in [1.54, 1.807) is 0 Å². The molecule has 4 aliphatic heterocycles. The van der Waals surface area contributed by atoms with Crippen LogP contribution >= 0.6 is 0 Å². The van der Waals surface area contributed by atoms with Gasteiger partial charge in [0.15, 0.2) is 6.04 Å². The van der Waals surface area contributed by atoms with E-state index in [4.69, 9.17) is 27.5 Å². The lowest BCUT2D eigenvalue weighted by atomic mass is 9.89. The van der Waals surface area contributed by atoms with Crippen molar-refractivity contribution >= 4 is 117 Å². The van der Waals surface area contributed by atoms with Crippen LogP contribution in [0, 0.1) is 41.5 Å². The van der Waals surface area contributed by atoms with Gasteiger partial charge in [-0.2, -0.15) is 20.3 Å². The highest BCUT2D eigenvalue weighted by molar-refractivity contribution is 7.86. The summed E-state index contributed by atoms with van der Waals surface area (Å²) in [7, 11) is -5.17. The number of rotatable bonds is 21. The van der Waals surface area contributed by atoms with Gasteiger partial charge < -0.3 is 62.4 Å². The zero-order chi connectivity index (χ0) is 91.5. The van der Waals surface area contributed by atoms with Gasteiger partial charge in [-0.05, 0) is 220 Å². The Kier molecular flexibility index (Phi) is 28.7. The van der Waals surface area contributed by atoms with E-state index in [9.17, 15) is 55.0 Å². The molecule has 0 saturated heterocycles. The van der Waals surface area contributed by atoms with Crippen molar-refractivity contribution in [1.82, 2.24) is 0 Å². The summed E-state index contributed by atoms with van der Waals surface area (Å²) >= 11 is 0. The molecule has 8 aromatic rings. The number of hydrazone groups is 1. The Labute approximate surface area is 733 Å². The SMILES string of the molecule is CCNc1cc2oc3cc(=[NH+]CC)c(C)cc-3c(-c3ccccc3C(=O)OC)c2cc1C.CCNc1cc2oc3cc(=[NH+]CC)c(C)cc-3c(-c3ccccc3C(=O)OC)c2cc1C.CCNc1cc2oc3cc(=[NH+]CC)c(C)cc-3c(-c3ccccc3C(=O)OC)c2cc1C.O=C([O-])C1=NN(c2ccc(S(=O)(=O)[O-])cc2)C(=O)[C@H]1N=Nc1ccc(S(=O)(=O)[O-])cc1. The number of carbonyl (C=O) groups excluding carboxylic acids is 5. The number of benzene rings is 11. The van der Waals surface area contributed by atoms with E-state index in [1.807, 2.05) is 109 Å². The first-order chi connectivity index (χ1) is 60.8. The van der Waals surface area contributed by atoms with E-state index < -0.39 is 53.7 Å². The fourth-order valence-corrected chi connectivity index (χ4v) is 16.1. The smallest absolute Gasteiger partial charge is 0.338 e. The number of ether oxygens (including phenoxy) is 3. The topological polar surface area (TPSA) is 408 Å². The number of nitrogens with zero attached hydrogens (tertiary/aromatic N) is 4. The molecule has 0 fully saturated rings. The number of esters is 3. The molecule has 0 aromatic heterocycles. The fourth-order valence-electron chi connectivity index (χ4n) is 15.2. The molecule has 1 atom stereocenters. The van der Waals surface area contributed by atoms with Crippen molar-refractivity contribution in [2.45, 2.75) is 98.9 Å². The molecule has 1 amide bonds. The summed E-state index contributed by atoms with van der Waals surface area (Å²) in [5, 5.41) is 39.1. The largest absolute Gasteiger partial charge is 0.744 e. The van der Waals surface area contributed by atoms with Gasteiger partial charge in [0.1, 0.15) is 79.6 Å². The number of amides is 1. The van der Waals surface area contributed by atoms with Crippen LogP contribution in [0.4, 0.5) is 28.4 Å². The average molecular weight is 1750 g/mol.